The Morgan fingerprint density at radius 1 is 1.37 bits per heavy atom. The minimum absolute atomic E-state index is 0.00243. The second kappa shape index (κ2) is 7.47. The Balaban J connectivity index is 1.95. The second-order valence-electron chi connectivity index (χ2n) is 7.90. The zero-order valence-corrected chi connectivity index (χ0v) is 16.6. The summed E-state index contributed by atoms with van der Waals surface area (Å²) in [5.41, 5.74) is 1.70. The number of hydrogen-bond donors (Lipinski definition) is 0. The molecule has 1 saturated heterocycles. The van der Waals surface area contributed by atoms with Gasteiger partial charge in [-0.3, -0.25) is 9.78 Å². The summed E-state index contributed by atoms with van der Waals surface area (Å²) in [6.45, 7) is 6.60. The average Bonchev–Trinajstić information content (AvgIpc) is 3.00. The molecule has 1 unspecified atom stereocenters. The number of pyridine rings is 1. The molecule has 2 heterocycles. The number of esters is 1. The van der Waals surface area contributed by atoms with Gasteiger partial charge in [-0.2, -0.15) is 0 Å². The Morgan fingerprint density at radius 2 is 2.11 bits per heavy atom. The third-order valence-electron chi connectivity index (χ3n) is 5.05. The number of rotatable bonds is 4. The van der Waals surface area contributed by atoms with Crippen LogP contribution in [0.4, 0.5) is 4.39 Å². The normalized spacial score (nSPS) is 19.9. The fourth-order valence-electron chi connectivity index (χ4n) is 3.47. The van der Waals surface area contributed by atoms with Crippen LogP contribution in [0.3, 0.4) is 0 Å². The molecule has 4 nitrogen and oxygen atoms in total. The molecule has 0 amide bonds. The number of halogens is 2. The SMILES string of the molecule is COc1cc(Cc2cccc(Cl)c2F)cnc1C1C(=O)OC[C@@H]1C(C)(C)C. The lowest BCUT2D eigenvalue weighted by atomic mass is 9.73. The number of carbonyl (C=O) groups excluding carboxylic acids is 1. The van der Waals surface area contributed by atoms with Crippen LogP contribution in [0.2, 0.25) is 5.02 Å². The molecule has 0 spiro atoms. The van der Waals surface area contributed by atoms with Gasteiger partial charge in [-0.05, 0) is 28.7 Å². The molecule has 3 rings (SSSR count). The lowest BCUT2D eigenvalue weighted by molar-refractivity contribution is -0.139. The highest BCUT2D eigenvalue weighted by Gasteiger charge is 2.46. The first-order chi connectivity index (χ1) is 12.7. The highest BCUT2D eigenvalue weighted by molar-refractivity contribution is 6.30. The predicted molar refractivity (Wildman–Crippen MR) is 102 cm³/mol. The van der Waals surface area contributed by atoms with E-state index in [0.717, 1.165) is 5.56 Å². The van der Waals surface area contributed by atoms with E-state index in [1.165, 1.54) is 13.2 Å². The van der Waals surface area contributed by atoms with Gasteiger partial charge in [0.15, 0.2) is 0 Å². The van der Waals surface area contributed by atoms with Crippen molar-refractivity contribution in [2.24, 2.45) is 11.3 Å². The first-order valence-electron chi connectivity index (χ1n) is 8.84. The predicted octanol–water partition coefficient (Wildman–Crippen LogP) is 4.78. The number of ether oxygens (including phenoxy) is 2. The van der Waals surface area contributed by atoms with Crippen LogP contribution >= 0.6 is 11.6 Å². The van der Waals surface area contributed by atoms with Crippen molar-refractivity contribution in [3.8, 4) is 5.75 Å². The van der Waals surface area contributed by atoms with Crippen molar-refractivity contribution in [1.29, 1.82) is 0 Å². The van der Waals surface area contributed by atoms with Crippen molar-refractivity contribution < 1.29 is 18.7 Å². The monoisotopic (exact) mass is 391 g/mol. The molecule has 1 aliphatic rings. The van der Waals surface area contributed by atoms with E-state index in [9.17, 15) is 9.18 Å². The number of hydrogen-bond acceptors (Lipinski definition) is 4. The standard InChI is InChI=1S/C21H23ClFNO3/c1-21(2,3)14-11-27-20(25)17(14)19-16(26-4)9-12(10-24-19)8-13-6-5-7-15(22)18(13)23/h5-7,9-10,14,17H,8,11H2,1-4H3/t14-,17?/m0/s1. The van der Waals surface area contributed by atoms with E-state index < -0.39 is 11.7 Å². The van der Waals surface area contributed by atoms with E-state index in [1.807, 2.05) is 0 Å². The van der Waals surface area contributed by atoms with E-state index >= 15 is 0 Å². The number of benzene rings is 1. The molecular weight excluding hydrogens is 369 g/mol. The van der Waals surface area contributed by atoms with Gasteiger partial charge in [-0.25, -0.2) is 4.39 Å². The Morgan fingerprint density at radius 3 is 2.78 bits per heavy atom. The molecule has 0 N–H and O–H groups in total. The summed E-state index contributed by atoms with van der Waals surface area (Å²) >= 11 is 5.86. The molecule has 1 aromatic heterocycles. The zero-order valence-electron chi connectivity index (χ0n) is 15.9. The van der Waals surface area contributed by atoms with Gasteiger partial charge in [-0.15, -0.1) is 0 Å². The van der Waals surface area contributed by atoms with Crippen LogP contribution in [-0.2, 0) is 16.0 Å². The van der Waals surface area contributed by atoms with Gasteiger partial charge in [0.2, 0.25) is 0 Å². The molecule has 0 saturated carbocycles. The van der Waals surface area contributed by atoms with E-state index in [1.54, 1.807) is 24.4 Å². The van der Waals surface area contributed by atoms with E-state index in [0.29, 0.717) is 30.0 Å². The Kier molecular flexibility index (Phi) is 5.43. The molecule has 144 valence electrons. The lowest BCUT2D eigenvalue weighted by Crippen LogP contribution is -2.28. The zero-order chi connectivity index (χ0) is 19.8. The smallest absolute Gasteiger partial charge is 0.315 e. The number of methoxy groups -OCH3 is 1. The molecule has 2 aromatic rings. The molecule has 0 aliphatic carbocycles. The fraction of sp³-hybridized carbons (Fsp3) is 0.429. The van der Waals surface area contributed by atoms with Crippen LogP contribution in [0.15, 0.2) is 30.5 Å². The average molecular weight is 392 g/mol. The third kappa shape index (κ3) is 3.93. The first kappa shape index (κ1) is 19.6. The van der Waals surface area contributed by atoms with Gasteiger partial charge < -0.3 is 9.47 Å². The molecule has 2 atom stereocenters. The molecule has 27 heavy (non-hydrogen) atoms. The summed E-state index contributed by atoms with van der Waals surface area (Å²) in [6.07, 6.45) is 1.98. The Bertz CT molecular complexity index is 863. The van der Waals surface area contributed by atoms with Crippen molar-refractivity contribution in [2.75, 3.05) is 13.7 Å². The van der Waals surface area contributed by atoms with Crippen LogP contribution in [-0.4, -0.2) is 24.7 Å². The molecule has 6 heteroatoms. The summed E-state index contributed by atoms with van der Waals surface area (Å²) in [4.78, 5) is 16.9. The number of carbonyl (C=O) groups is 1. The van der Waals surface area contributed by atoms with Gasteiger partial charge >= 0.3 is 5.97 Å². The molecule has 1 fully saturated rings. The minimum Gasteiger partial charge on any atom is -0.495 e. The number of cyclic esters (lactones) is 1. The minimum atomic E-state index is -0.475. The summed E-state index contributed by atoms with van der Waals surface area (Å²) in [6, 6.07) is 6.71. The maximum atomic E-state index is 14.2. The Labute approximate surface area is 163 Å². The first-order valence-corrected chi connectivity index (χ1v) is 9.22. The molecule has 0 bridgehead atoms. The van der Waals surface area contributed by atoms with E-state index in [2.05, 4.69) is 25.8 Å². The number of nitrogens with zero attached hydrogens (tertiary/aromatic N) is 1. The van der Waals surface area contributed by atoms with E-state index in [4.69, 9.17) is 21.1 Å². The van der Waals surface area contributed by atoms with Crippen molar-refractivity contribution in [1.82, 2.24) is 4.98 Å². The topological polar surface area (TPSA) is 48.4 Å². The van der Waals surface area contributed by atoms with Crippen LogP contribution in [0.1, 0.15) is 43.5 Å². The second-order valence-corrected chi connectivity index (χ2v) is 8.31. The van der Waals surface area contributed by atoms with Crippen molar-refractivity contribution in [3.05, 3.63) is 58.1 Å². The fourth-order valence-corrected chi connectivity index (χ4v) is 3.66. The van der Waals surface area contributed by atoms with Crippen molar-refractivity contribution >= 4 is 17.6 Å². The molecule has 0 radical (unpaired) electrons. The van der Waals surface area contributed by atoms with Crippen molar-refractivity contribution in [3.63, 3.8) is 0 Å². The summed E-state index contributed by atoms with van der Waals surface area (Å²) in [5, 5.41) is 0.0887. The van der Waals surface area contributed by atoms with Gasteiger partial charge in [0.25, 0.3) is 0 Å². The van der Waals surface area contributed by atoms with E-state index in [-0.39, 0.29) is 22.3 Å². The summed E-state index contributed by atoms with van der Waals surface area (Å²) in [7, 11) is 1.54. The van der Waals surface area contributed by atoms with Crippen LogP contribution in [0.5, 0.6) is 5.75 Å². The van der Waals surface area contributed by atoms with Crippen LogP contribution in [0, 0.1) is 17.2 Å². The highest BCUT2D eigenvalue weighted by atomic mass is 35.5. The molecule has 1 aliphatic heterocycles. The summed E-state index contributed by atoms with van der Waals surface area (Å²) < 4.78 is 25.0. The largest absolute Gasteiger partial charge is 0.495 e. The van der Waals surface area contributed by atoms with Gasteiger partial charge in [0.05, 0.1) is 24.4 Å². The maximum absolute atomic E-state index is 14.2. The Hall–Kier alpha value is -2.14. The van der Waals surface area contributed by atoms with Crippen LogP contribution in [0.25, 0.3) is 0 Å². The lowest BCUT2D eigenvalue weighted by Gasteiger charge is -2.29. The third-order valence-corrected chi connectivity index (χ3v) is 5.34. The van der Waals surface area contributed by atoms with Crippen molar-refractivity contribution in [2.45, 2.75) is 33.1 Å². The van der Waals surface area contributed by atoms with Gasteiger partial charge in [-0.1, -0.05) is 44.5 Å². The molecular formula is C21H23ClFNO3. The maximum Gasteiger partial charge on any atom is 0.315 e. The summed E-state index contributed by atoms with van der Waals surface area (Å²) in [5.74, 6) is -0.684. The van der Waals surface area contributed by atoms with Gasteiger partial charge in [0, 0.05) is 18.5 Å². The highest BCUT2D eigenvalue weighted by Crippen LogP contribution is 2.44. The molecule has 1 aromatic carbocycles. The van der Waals surface area contributed by atoms with Gasteiger partial charge in [0.1, 0.15) is 17.5 Å². The quantitative estimate of drug-likeness (QED) is 0.704. The van der Waals surface area contributed by atoms with Crippen LogP contribution < -0.4 is 4.74 Å². The number of aromatic nitrogens is 1.